The Bertz CT molecular complexity index is 800. The van der Waals surface area contributed by atoms with Crippen LogP contribution in [0.5, 0.6) is 17.2 Å². The summed E-state index contributed by atoms with van der Waals surface area (Å²) in [5.41, 5.74) is 2.76. The summed E-state index contributed by atoms with van der Waals surface area (Å²) in [6, 6.07) is 13.7. The van der Waals surface area contributed by atoms with Gasteiger partial charge < -0.3 is 14.2 Å². The molecule has 0 atom stereocenters. The van der Waals surface area contributed by atoms with Gasteiger partial charge in [-0.25, -0.2) is 0 Å². The Kier molecular flexibility index (Phi) is 3.83. The van der Waals surface area contributed by atoms with Crippen molar-refractivity contribution in [2.75, 3.05) is 21.3 Å². The van der Waals surface area contributed by atoms with Crippen LogP contribution < -0.4 is 14.2 Å². The van der Waals surface area contributed by atoms with E-state index in [4.69, 9.17) is 14.2 Å². The van der Waals surface area contributed by atoms with Gasteiger partial charge in [0.25, 0.3) is 0 Å². The van der Waals surface area contributed by atoms with Crippen molar-refractivity contribution in [3.63, 3.8) is 0 Å². The number of ether oxygens (including phenoxy) is 3. The van der Waals surface area contributed by atoms with Gasteiger partial charge in [-0.2, -0.15) is 0 Å². The van der Waals surface area contributed by atoms with Gasteiger partial charge in [0.05, 0.1) is 32.2 Å². The van der Waals surface area contributed by atoms with Crippen molar-refractivity contribution in [3.05, 3.63) is 48.7 Å². The highest BCUT2D eigenvalue weighted by Crippen LogP contribution is 2.44. The van der Waals surface area contributed by atoms with E-state index >= 15 is 0 Å². The fourth-order valence-corrected chi connectivity index (χ4v) is 2.61. The maximum absolute atomic E-state index is 5.68. The minimum atomic E-state index is 0.627. The summed E-state index contributed by atoms with van der Waals surface area (Å²) in [5.74, 6) is 2.01. The van der Waals surface area contributed by atoms with E-state index in [0.29, 0.717) is 11.5 Å². The molecule has 0 radical (unpaired) electrons. The van der Waals surface area contributed by atoms with Gasteiger partial charge in [0, 0.05) is 11.8 Å². The molecule has 0 amide bonds. The molecular formula is C18H17NO3. The molecule has 1 aromatic heterocycles. The van der Waals surface area contributed by atoms with Gasteiger partial charge in [-0.15, -0.1) is 0 Å². The quantitative estimate of drug-likeness (QED) is 0.731. The summed E-state index contributed by atoms with van der Waals surface area (Å²) in [7, 11) is 4.89. The van der Waals surface area contributed by atoms with Crippen molar-refractivity contribution < 1.29 is 14.2 Å². The molecule has 0 saturated heterocycles. The lowest BCUT2D eigenvalue weighted by Crippen LogP contribution is -1.97. The maximum atomic E-state index is 5.68. The van der Waals surface area contributed by atoms with Crippen LogP contribution in [0.2, 0.25) is 0 Å². The molecule has 112 valence electrons. The Balaban J connectivity index is 2.37. The van der Waals surface area contributed by atoms with Crippen LogP contribution in [-0.2, 0) is 0 Å². The summed E-state index contributed by atoms with van der Waals surface area (Å²) in [4.78, 5) is 4.53. The average molecular weight is 295 g/mol. The Morgan fingerprint density at radius 2 is 1.50 bits per heavy atom. The summed E-state index contributed by atoms with van der Waals surface area (Å²) in [5, 5.41) is 0.811. The van der Waals surface area contributed by atoms with Crippen molar-refractivity contribution in [1.82, 2.24) is 4.98 Å². The molecule has 0 bridgehead atoms. The van der Waals surface area contributed by atoms with E-state index in [0.717, 1.165) is 27.8 Å². The minimum Gasteiger partial charge on any atom is -0.495 e. The smallest absolute Gasteiger partial charge is 0.173 e. The first-order valence-corrected chi connectivity index (χ1v) is 6.93. The highest BCUT2D eigenvalue weighted by Gasteiger charge is 2.18. The van der Waals surface area contributed by atoms with Gasteiger partial charge >= 0.3 is 0 Å². The van der Waals surface area contributed by atoms with Crippen molar-refractivity contribution in [2.24, 2.45) is 0 Å². The van der Waals surface area contributed by atoms with Crippen molar-refractivity contribution >= 4 is 10.9 Å². The molecule has 0 N–H and O–H groups in total. The monoisotopic (exact) mass is 295 g/mol. The van der Waals surface area contributed by atoms with Crippen LogP contribution in [0.25, 0.3) is 22.0 Å². The fourth-order valence-electron chi connectivity index (χ4n) is 2.61. The largest absolute Gasteiger partial charge is 0.495 e. The van der Waals surface area contributed by atoms with Crippen LogP contribution in [0.15, 0.2) is 48.7 Å². The minimum absolute atomic E-state index is 0.627. The zero-order valence-electron chi connectivity index (χ0n) is 12.8. The lowest BCUT2D eigenvalue weighted by atomic mass is 10.0. The number of fused-ring (bicyclic) bond motifs is 1. The highest BCUT2D eigenvalue weighted by atomic mass is 16.5. The van der Waals surface area contributed by atoms with E-state index in [1.807, 2.05) is 48.7 Å². The first kappa shape index (κ1) is 14.2. The Morgan fingerprint density at radius 3 is 2.14 bits per heavy atom. The molecule has 0 aliphatic heterocycles. The molecule has 3 rings (SSSR count). The number of hydrogen-bond donors (Lipinski definition) is 0. The maximum Gasteiger partial charge on any atom is 0.173 e. The molecule has 4 heteroatoms. The van der Waals surface area contributed by atoms with Crippen LogP contribution in [0, 0.1) is 0 Å². The second-order valence-electron chi connectivity index (χ2n) is 4.77. The van der Waals surface area contributed by atoms with E-state index in [1.54, 1.807) is 21.3 Å². The molecular weight excluding hydrogens is 278 g/mol. The lowest BCUT2D eigenvalue weighted by Gasteiger charge is -2.16. The first-order chi connectivity index (χ1) is 10.8. The third kappa shape index (κ3) is 2.22. The molecule has 0 unspecified atom stereocenters. The zero-order chi connectivity index (χ0) is 15.5. The number of hydrogen-bond acceptors (Lipinski definition) is 4. The third-order valence-electron chi connectivity index (χ3n) is 3.62. The highest BCUT2D eigenvalue weighted by molar-refractivity contribution is 5.98. The number of pyridine rings is 1. The normalized spacial score (nSPS) is 10.5. The second kappa shape index (κ2) is 5.93. The number of benzene rings is 2. The van der Waals surface area contributed by atoms with Crippen molar-refractivity contribution in [1.29, 1.82) is 0 Å². The van der Waals surface area contributed by atoms with Gasteiger partial charge in [-0.05, 0) is 17.7 Å². The number of aromatic nitrogens is 1. The Hall–Kier alpha value is -2.75. The predicted molar refractivity (Wildman–Crippen MR) is 86.8 cm³/mol. The van der Waals surface area contributed by atoms with E-state index in [2.05, 4.69) is 4.98 Å². The van der Waals surface area contributed by atoms with Gasteiger partial charge in [0.2, 0.25) is 0 Å². The van der Waals surface area contributed by atoms with Gasteiger partial charge in [-0.3, -0.25) is 4.98 Å². The average Bonchev–Trinajstić information content (AvgIpc) is 2.60. The standard InChI is InChI=1S/C18H17NO3/c1-20-15-10-9-14-16(18(15)22-3)17(21-2)13(11-19-14)12-7-5-4-6-8-12/h4-11H,1-3H3. The van der Waals surface area contributed by atoms with E-state index < -0.39 is 0 Å². The van der Waals surface area contributed by atoms with E-state index in [9.17, 15) is 0 Å². The summed E-state index contributed by atoms with van der Waals surface area (Å²) < 4.78 is 16.6. The SMILES string of the molecule is COc1ccc2ncc(-c3ccccc3)c(OC)c2c1OC. The third-order valence-corrected chi connectivity index (χ3v) is 3.62. The summed E-state index contributed by atoms with van der Waals surface area (Å²) in [6.45, 7) is 0. The number of nitrogens with zero attached hydrogens (tertiary/aromatic N) is 1. The molecule has 0 fully saturated rings. The van der Waals surface area contributed by atoms with E-state index in [1.165, 1.54) is 0 Å². The van der Waals surface area contributed by atoms with Gasteiger partial charge in [0.1, 0.15) is 5.75 Å². The van der Waals surface area contributed by atoms with Crippen LogP contribution in [0.1, 0.15) is 0 Å². The molecule has 2 aromatic carbocycles. The lowest BCUT2D eigenvalue weighted by molar-refractivity contribution is 0.356. The Morgan fingerprint density at radius 1 is 0.773 bits per heavy atom. The molecule has 3 aromatic rings. The van der Waals surface area contributed by atoms with Gasteiger partial charge in [0.15, 0.2) is 11.5 Å². The van der Waals surface area contributed by atoms with Gasteiger partial charge in [-0.1, -0.05) is 30.3 Å². The number of methoxy groups -OCH3 is 3. The van der Waals surface area contributed by atoms with Crippen LogP contribution in [-0.4, -0.2) is 26.3 Å². The summed E-state index contributed by atoms with van der Waals surface area (Å²) in [6.07, 6.45) is 1.82. The van der Waals surface area contributed by atoms with Crippen molar-refractivity contribution in [2.45, 2.75) is 0 Å². The second-order valence-corrected chi connectivity index (χ2v) is 4.77. The first-order valence-electron chi connectivity index (χ1n) is 6.93. The molecule has 1 heterocycles. The summed E-state index contributed by atoms with van der Waals surface area (Å²) >= 11 is 0. The molecule has 4 nitrogen and oxygen atoms in total. The topological polar surface area (TPSA) is 40.6 Å². The fraction of sp³-hybridized carbons (Fsp3) is 0.167. The van der Waals surface area contributed by atoms with Crippen LogP contribution >= 0.6 is 0 Å². The molecule has 0 saturated carbocycles. The molecule has 22 heavy (non-hydrogen) atoms. The molecule has 0 spiro atoms. The predicted octanol–water partition coefficient (Wildman–Crippen LogP) is 3.93. The molecule has 0 aliphatic rings. The van der Waals surface area contributed by atoms with E-state index in [-0.39, 0.29) is 0 Å². The zero-order valence-corrected chi connectivity index (χ0v) is 12.8. The Labute approximate surface area is 129 Å². The van der Waals surface area contributed by atoms with Crippen molar-refractivity contribution in [3.8, 4) is 28.4 Å². The van der Waals surface area contributed by atoms with Crippen LogP contribution in [0.3, 0.4) is 0 Å². The molecule has 0 aliphatic carbocycles. The number of rotatable bonds is 4. The van der Waals surface area contributed by atoms with Crippen LogP contribution in [0.4, 0.5) is 0 Å².